The molecule has 1 aliphatic heterocycles. The number of esters is 1. The van der Waals surface area contributed by atoms with Gasteiger partial charge < -0.3 is 14.7 Å². The van der Waals surface area contributed by atoms with Gasteiger partial charge in [0, 0.05) is 13.1 Å². The van der Waals surface area contributed by atoms with Crippen molar-refractivity contribution < 1.29 is 14.6 Å². The Morgan fingerprint density at radius 1 is 1.50 bits per heavy atom. The van der Waals surface area contributed by atoms with Gasteiger partial charge in [0.2, 0.25) is 0 Å². The zero-order valence-electron chi connectivity index (χ0n) is 10.5. The number of aromatic nitrogens is 2. The summed E-state index contributed by atoms with van der Waals surface area (Å²) in [6.45, 7) is 3.50. The number of methoxy groups -OCH3 is 1. The highest BCUT2D eigenvalue weighted by atomic mass is 16.5. The van der Waals surface area contributed by atoms with E-state index in [9.17, 15) is 9.90 Å². The summed E-state index contributed by atoms with van der Waals surface area (Å²) in [6.07, 6.45) is 3.46. The molecule has 0 radical (unpaired) electrons. The highest BCUT2D eigenvalue weighted by molar-refractivity contribution is 5.86. The van der Waals surface area contributed by atoms with Gasteiger partial charge in [0.05, 0.1) is 25.6 Å². The summed E-state index contributed by atoms with van der Waals surface area (Å²) in [5, 5.41) is 9.67. The van der Waals surface area contributed by atoms with Crippen molar-refractivity contribution >= 4 is 11.8 Å². The maximum atomic E-state index is 11.2. The van der Waals surface area contributed by atoms with Crippen LogP contribution in [0.2, 0.25) is 0 Å². The Balaban J connectivity index is 2.08. The molecule has 1 fully saturated rings. The van der Waals surface area contributed by atoms with E-state index in [4.69, 9.17) is 0 Å². The molecular formula is C12H17N3O3. The Labute approximate surface area is 106 Å². The van der Waals surface area contributed by atoms with Gasteiger partial charge in [-0.25, -0.2) is 14.8 Å². The standard InChI is InChI=1S/C12H17N3O3/c1-8-7-15(4-3-10(8)16)11-6-13-9(5-14-11)12(17)18-2/h5-6,8,10,16H,3-4,7H2,1-2H3. The molecule has 18 heavy (non-hydrogen) atoms. The SMILES string of the molecule is COC(=O)c1cnc(N2CCC(O)C(C)C2)cn1. The molecule has 0 aromatic carbocycles. The molecule has 0 saturated carbocycles. The summed E-state index contributed by atoms with van der Waals surface area (Å²) in [5.74, 6) is 0.443. The van der Waals surface area contributed by atoms with E-state index in [-0.39, 0.29) is 17.7 Å². The number of aliphatic hydroxyl groups is 1. The highest BCUT2D eigenvalue weighted by Crippen LogP contribution is 2.21. The number of anilines is 1. The molecule has 0 amide bonds. The lowest BCUT2D eigenvalue weighted by Crippen LogP contribution is -2.42. The van der Waals surface area contributed by atoms with Crippen LogP contribution in [0.15, 0.2) is 12.4 Å². The molecule has 1 saturated heterocycles. The van der Waals surface area contributed by atoms with Gasteiger partial charge in [-0.2, -0.15) is 0 Å². The van der Waals surface area contributed by atoms with Crippen LogP contribution in [0.25, 0.3) is 0 Å². The number of nitrogens with zero attached hydrogens (tertiary/aromatic N) is 3. The van der Waals surface area contributed by atoms with Crippen LogP contribution in [0.1, 0.15) is 23.8 Å². The molecule has 1 aromatic rings. The van der Waals surface area contributed by atoms with E-state index in [0.717, 1.165) is 25.3 Å². The van der Waals surface area contributed by atoms with Crippen LogP contribution in [0.4, 0.5) is 5.82 Å². The second-order valence-electron chi connectivity index (χ2n) is 4.53. The average molecular weight is 251 g/mol. The Kier molecular flexibility index (Phi) is 3.76. The third-order valence-electron chi connectivity index (χ3n) is 3.22. The van der Waals surface area contributed by atoms with Crippen molar-refractivity contribution in [2.45, 2.75) is 19.4 Å². The minimum atomic E-state index is -0.489. The normalized spacial score (nSPS) is 23.8. The first-order chi connectivity index (χ1) is 8.61. The summed E-state index contributed by atoms with van der Waals surface area (Å²) in [6, 6.07) is 0. The van der Waals surface area contributed by atoms with Gasteiger partial charge in [-0.15, -0.1) is 0 Å². The lowest BCUT2D eigenvalue weighted by molar-refractivity contribution is 0.0593. The molecule has 2 rings (SSSR count). The van der Waals surface area contributed by atoms with Crippen molar-refractivity contribution in [3.63, 3.8) is 0 Å². The van der Waals surface area contributed by atoms with E-state index in [2.05, 4.69) is 19.6 Å². The molecule has 1 aromatic heterocycles. The van der Waals surface area contributed by atoms with Gasteiger partial charge in [-0.05, 0) is 12.3 Å². The van der Waals surface area contributed by atoms with E-state index in [1.807, 2.05) is 6.92 Å². The number of aliphatic hydroxyl groups excluding tert-OH is 1. The quantitative estimate of drug-likeness (QED) is 0.770. The maximum Gasteiger partial charge on any atom is 0.358 e. The first kappa shape index (κ1) is 12.8. The fourth-order valence-corrected chi connectivity index (χ4v) is 2.04. The molecule has 6 heteroatoms. The zero-order chi connectivity index (χ0) is 13.1. The highest BCUT2D eigenvalue weighted by Gasteiger charge is 2.25. The number of hydrogen-bond donors (Lipinski definition) is 1. The molecule has 2 unspecified atom stereocenters. The van der Waals surface area contributed by atoms with Crippen LogP contribution in [-0.4, -0.2) is 47.3 Å². The smallest absolute Gasteiger partial charge is 0.358 e. The largest absolute Gasteiger partial charge is 0.464 e. The summed E-state index contributed by atoms with van der Waals surface area (Å²) >= 11 is 0. The number of ether oxygens (including phenoxy) is 1. The molecule has 0 spiro atoms. The third-order valence-corrected chi connectivity index (χ3v) is 3.22. The van der Waals surface area contributed by atoms with E-state index < -0.39 is 5.97 Å². The molecule has 2 atom stereocenters. The van der Waals surface area contributed by atoms with Crippen molar-refractivity contribution in [2.24, 2.45) is 5.92 Å². The first-order valence-electron chi connectivity index (χ1n) is 5.95. The van der Waals surface area contributed by atoms with Crippen molar-refractivity contribution in [3.05, 3.63) is 18.1 Å². The fraction of sp³-hybridized carbons (Fsp3) is 0.583. The molecule has 6 nitrogen and oxygen atoms in total. The predicted molar refractivity (Wildman–Crippen MR) is 65.4 cm³/mol. The van der Waals surface area contributed by atoms with E-state index >= 15 is 0 Å². The molecule has 1 aliphatic rings. The number of rotatable bonds is 2. The monoisotopic (exact) mass is 251 g/mol. The number of piperidine rings is 1. The first-order valence-corrected chi connectivity index (χ1v) is 5.95. The van der Waals surface area contributed by atoms with Crippen molar-refractivity contribution in [3.8, 4) is 0 Å². The van der Waals surface area contributed by atoms with Crippen molar-refractivity contribution in [1.82, 2.24) is 9.97 Å². The van der Waals surface area contributed by atoms with Crippen LogP contribution in [-0.2, 0) is 4.74 Å². The van der Waals surface area contributed by atoms with Crippen molar-refractivity contribution in [2.75, 3.05) is 25.1 Å². The second-order valence-corrected chi connectivity index (χ2v) is 4.53. The zero-order valence-corrected chi connectivity index (χ0v) is 10.5. The maximum absolute atomic E-state index is 11.2. The van der Waals surface area contributed by atoms with Gasteiger partial charge in [0.1, 0.15) is 5.82 Å². The third kappa shape index (κ3) is 2.59. The summed E-state index contributed by atoms with van der Waals surface area (Å²) < 4.78 is 4.56. The van der Waals surface area contributed by atoms with Gasteiger partial charge >= 0.3 is 5.97 Å². The fourth-order valence-electron chi connectivity index (χ4n) is 2.04. The minimum absolute atomic E-state index is 0.200. The van der Waals surface area contributed by atoms with Crippen LogP contribution in [0.3, 0.4) is 0 Å². The van der Waals surface area contributed by atoms with Gasteiger partial charge in [0.15, 0.2) is 5.69 Å². The average Bonchev–Trinajstić information content (AvgIpc) is 2.41. The van der Waals surface area contributed by atoms with E-state index in [0.29, 0.717) is 0 Å². The molecule has 0 bridgehead atoms. The van der Waals surface area contributed by atoms with E-state index in [1.54, 1.807) is 6.20 Å². The van der Waals surface area contributed by atoms with E-state index in [1.165, 1.54) is 13.3 Å². The lowest BCUT2D eigenvalue weighted by atomic mass is 9.97. The number of carbonyl (C=O) groups is 1. The topological polar surface area (TPSA) is 75.5 Å². The van der Waals surface area contributed by atoms with Gasteiger partial charge in [-0.3, -0.25) is 0 Å². The van der Waals surface area contributed by atoms with Gasteiger partial charge in [0.25, 0.3) is 0 Å². The predicted octanol–water partition coefficient (Wildman–Crippen LogP) is 0.470. The molecule has 2 heterocycles. The van der Waals surface area contributed by atoms with Crippen molar-refractivity contribution in [1.29, 1.82) is 0 Å². The minimum Gasteiger partial charge on any atom is -0.464 e. The molecular weight excluding hydrogens is 234 g/mol. The number of hydrogen-bond acceptors (Lipinski definition) is 6. The lowest BCUT2D eigenvalue weighted by Gasteiger charge is -2.34. The van der Waals surface area contributed by atoms with Crippen LogP contribution in [0.5, 0.6) is 0 Å². The Morgan fingerprint density at radius 3 is 2.83 bits per heavy atom. The van der Waals surface area contributed by atoms with Crippen LogP contribution >= 0.6 is 0 Å². The molecule has 98 valence electrons. The Bertz CT molecular complexity index is 421. The summed E-state index contributed by atoms with van der Waals surface area (Å²) in [4.78, 5) is 21.5. The Hall–Kier alpha value is -1.69. The summed E-state index contributed by atoms with van der Waals surface area (Å²) in [5.41, 5.74) is 0.200. The Morgan fingerprint density at radius 2 is 2.28 bits per heavy atom. The summed E-state index contributed by atoms with van der Waals surface area (Å²) in [7, 11) is 1.31. The van der Waals surface area contributed by atoms with Crippen LogP contribution in [0, 0.1) is 5.92 Å². The molecule has 1 N–H and O–H groups in total. The molecule has 0 aliphatic carbocycles. The van der Waals surface area contributed by atoms with Crippen LogP contribution < -0.4 is 4.90 Å². The van der Waals surface area contributed by atoms with Gasteiger partial charge in [-0.1, -0.05) is 6.92 Å². The second kappa shape index (κ2) is 5.30. The number of carbonyl (C=O) groups excluding carboxylic acids is 1.